The molecular formula is C77H91F3N3+3. The lowest BCUT2D eigenvalue weighted by Crippen LogP contribution is -2.49. The molecule has 0 saturated heterocycles. The molecule has 9 aromatic rings. The molecule has 432 valence electrons. The van der Waals surface area contributed by atoms with E-state index in [4.69, 9.17) is 0 Å². The highest BCUT2D eigenvalue weighted by atomic mass is 19.4. The molecule has 3 aliphatic carbocycles. The Balaban J connectivity index is 0.000000140. The van der Waals surface area contributed by atoms with Gasteiger partial charge in [-0.2, -0.15) is 26.9 Å². The van der Waals surface area contributed by atoms with Crippen LogP contribution in [0.3, 0.4) is 0 Å². The average Bonchev–Trinajstić information content (AvgIpc) is 2.02. The van der Waals surface area contributed by atoms with Gasteiger partial charge in [0.1, 0.15) is 21.1 Å². The van der Waals surface area contributed by atoms with E-state index < -0.39 is 17.0 Å². The minimum Gasteiger partial charge on any atom is -0.194 e. The molecule has 6 heteroatoms. The summed E-state index contributed by atoms with van der Waals surface area (Å²) in [4.78, 5) is 0. The molecule has 0 spiro atoms. The molecule has 0 radical (unpaired) electrons. The number of hydrogen-bond donors (Lipinski definition) is 0. The van der Waals surface area contributed by atoms with Crippen LogP contribution in [0, 0.1) is 84.0 Å². The second-order valence-electron chi connectivity index (χ2n) is 27.9. The molecule has 0 fully saturated rings. The van der Waals surface area contributed by atoms with Crippen LogP contribution >= 0.6 is 0 Å². The van der Waals surface area contributed by atoms with Crippen molar-refractivity contribution in [2.24, 2.45) is 42.8 Å². The zero-order chi connectivity index (χ0) is 60.2. The molecule has 0 amide bonds. The molecule has 0 saturated carbocycles. The number of hydrogen-bond acceptors (Lipinski definition) is 0. The Labute approximate surface area is 494 Å². The maximum atomic E-state index is 14.4. The van der Waals surface area contributed by atoms with Gasteiger partial charge in [-0.05, 0) is 215 Å². The quantitative estimate of drug-likeness (QED) is 0.156. The third kappa shape index (κ3) is 10.4. The summed E-state index contributed by atoms with van der Waals surface area (Å²) in [7, 11) is 6.48. The molecule has 1 atom stereocenters. The third-order valence-corrected chi connectivity index (χ3v) is 21.2. The number of benzene rings is 6. The van der Waals surface area contributed by atoms with Crippen molar-refractivity contribution in [1.29, 1.82) is 0 Å². The summed E-state index contributed by atoms with van der Waals surface area (Å²) in [6.45, 7) is 34.4. The summed E-state index contributed by atoms with van der Waals surface area (Å²) in [6, 6.07) is 40.2. The monoisotopic (exact) mass is 1110 g/mol. The number of rotatable bonds is 3. The van der Waals surface area contributed by atoms with Gasteiger partial charge in [-0.25, -0.2) is 0 Å². The van der Waals surface area contributed by atoms with Gasteiger partial charge in [0.25, 0.3) is 0 Å². The van der Waals surface area contributed by atoms with Crippen molar-refractivity contribution in [3.63, 3.8) is 0 Å². The largest absolute Gasteiger partial charge is 0.395 e. The van der Waals surface area contributed by atoms with Crippen LogP contribution in [0.1, 0.15) is 145 Å². The van der Waals surface area contributed by atoms with Crippen LogP contribution in [0.25, 0.3) is 66.5 Å². The molecule has 1 unspecified atom stereocenters. The Morgan fingerprint density at radius 1 is 0.361 bits per heavy atom. The summed E-state index contributed by atoms with van der Waals surface area (Å²) in [5.41, 5.74) is 28.8. The van der Waals surface area contributed by atoms with E-state index in [-0.39, 0.29) is 17.3 Å². The van der Waals surface area contributed by atoms with E-state index in [0.717, 1.165) is 46.1 Å². The van der Waals surface area contributed by atoms with Crippen molar-refractivity contribution in [2.45, 2.75) is 168 Å². The summed E-state index contributed by atoms with van der Waals surface area (Å²) < 4.78 is 50.1. The second-order valence-corrected chi connectivity index (χ2v) is 27.9. The predicted octanol–water partition coefficient (Wildman–Crippen LogP) is 18.5. The molecule has 83 heavy (non-hydrogen) atoms. The number of aromatic nitrogens is 3. The van der Waals surface area contributed by atoms with Gasteiger partial charge in [-0.15, -0.1) is 0 Å². The molecule has 0 aliphatic heterocycles. The minimum atomic E-state index is -4.28. The van der Waals surface area contributed by atoms with Crippen molar-refractivity contribution in [3.8, 4) is 33.8 Å². The molecule has 3 aromatic heterocycles. The van der Waals surface area contributed by atoms with Crippen LogP contribution in [-0.4, -0.2) is 6.18 Å². The van der Waals surface area contributed by atoms with Gasteiger partial charge in [0.2, 0.25) is 33.6 Å². The van der Waals surface area contributed by atoms with Gasteiger partial charge in [0, 0.05) is 53.1 Å². The number of halogens is 3. The van der Waals surface area contributed by atoms with Gasteiger partial charge >= 0.3 is 6.18 Å². The maximum Gasteiger partial charge on any atom is 0.395 e. The summed E-state index contributed by atoms with van der Waals surface area (Å²) >= 11 is 0. The fourth-order valence-corrected chi connectivity index (χ4v) is 14.6. The summed E-state index contributed by atoms with van der Waals surface area (Å²) in [6.07, 6.45) is 3.35. The lowest BCUT2D eigenvalue weighted by Gasteiger charge is -2.44. The van der Waals surface area contributed by atoms with E-state index >= 15 is 0 Å². The fraction of sp³-hybridized carbons (Fsp3) is 0.416. The molecule has 3 heterocycles. The molecule has 12 rings (SSSR count). The molecule has 6 aromatic carbocycles. The first-order valence-corrected chi connectivity index (χ1v) is 30.5. The number of nitrogens with zero attached hydrogens (tertiary/aromatic N) is 3. The zero-order valence-electron chi connectivity index (χ0n) is 53.5. The lowest BCUT2D eigenvalue weighted by molar-refractivity contribution is -0.633. The lowest BCUT2D eigenvalue weighted by atomic mass is 9.62. The van der Waals surface area contributed by atoms with E-state index in [1.54, 1.807) is 13.8 Å². The van der Waals surface area contributed by atoms with E-state index in [0.29, 0.717) is 6.42 Å². The van der Waals surface area contributed by atoms with Crippen LogP contribution in [0.5, 0.6) is 0 Å². The van der Waals surface area contributed by atoms with Crippen molar-refractivity contribution in [2.75, 3.05) is 0 Å². The Morgan fingerprint density at radius 3 is 1.06 bits per heavy atom. The van der Waals surface area contributed by atoms with Crippen LogP contribution in [-0.2, 0) is 59.7 Å². The average molecular weight is 1120 g/mol. The normalized spacial score (nSPS) is 17.7. The van der Waals surface area contributed by atoms with Crippen LogP contribution in [0.2, 0.25) is 0 Å². The summed E-state index contributed by atoms with van der Waals surface area (Å²) in [5.74, 6) is 0. The van der Waals surface area contributed by atoms with E-state index in [9.17, 15) is 13.2 Å². The number of aryl methyl sites for hydroxylation is 11. The van der Waals surface area contributed by atoms with E-state index in [1.165, 1.54) is 149 Å². The van der Waals surface area contributed by atoms with E-state index in [1.807, 2.05) is 25.2 Å². The standard InChI is InChI=1S/C27H31F3N.C27H34N.C23H26N/c1-16-11-17(2)18(3)21(12-16)23-13-20-14-25(4,5)26(6,27(28,29)30)15-19-9-8-10-22(24(19)20)31(23)7;1-17-12-18(2)19(3)22(13-17)24-14-21-16-27(6,7)26(4,5)15-20-10-9-11-23(25(20)21)28(24)8;1-15-12-16(2)17(3)20(13-15)22-14-19-9-6-5-8-18-10-7-11-21(23(18)19)24(22)4/h8-13H,14-15H2,1-7H3;9-14H,15-16H2,1-8H3;7,10-14H,5-6,8-9H2,1-4H3/q3*+1. The van der Waals surface area contributed by atoms with Crippen LogP contribution in [0.4, 0.5) is 13.2 Å². The molecule has 0 bridgehead atoms. The first-order chi connectivity index (χ1) is 38.8. The highest BCUT2D eigenvalue weighted by molar-refractivity contribution is 5.88. The van der Waals surface area contributed by atoms with E-state index in [2.05, 4.69) is 209 Å². The molecule has 0 N–H and O–H groups in total. The highest BCUT2D eigenvalue weighted by Crippen LogP contribution is 2.57. The van der Waals surface area contributed by atoms with Crippen molar-refractivity contribution < 1.29 is 26.9 Å². The van der Waals surface area contributed by atoms with Crippen LogP contribution < -0.4 is 13.7 Å². The van der Waals surface area contributed by atoms with Crippen molar-refractivity contribution >= 4 is 32.7 Å². The molecule has 3 aliphatic rings. The maximum absolute atomic E-state index is 14.4. The van der Waals surface area contributed by atoms with Crippen molar-refractivity contribution in [3.05, 3.63) is 193 Å². The third-order valence-electron chi connectivity index (χ3n) is 21.2. The fourth-order valence-electron chi connectivity index (χ4n) is 14.6. The molecule has 3 nitrogen and oxygen atoms in total. The molecular weight excluding hydrogens is 1020 g/mol. The highest BCUT2D eigenvalue weighted by Gasteiger charge is 2.60. The van der Waals surface area contributed by atoms with Gasteiger partial charge in [0.05, 0.1) is 21.6 Å². The zero-order valence-corrected chi connectivity index (χ0v) is 53.5. The predicted molar refractivity (Wildman–Crippen MR) is 341 cm³/mol. The minimum absolute atomic E-state index is 0.00420. The van der Waals surface area contributed by atoms with Gasteiger partial charge in [0.15, 0.2) is 0 Å². The number of pyridine rings is 3. The SMILES string of the molecule is Cc1cc(C)c(C)c(-c2cc3c4c(cccc4[n+]2C)CC(C)(C(F)(F)F)C(C)(C)C3)c1.Cc1cc(C)c(C)c(-c2cc3c4c(cccc4[n+]2C)CC(C)(C)C(C)(C)C3)c1.Cc1cc(C)c(C)c(-c2cc3c4c(cccc4[n+]2C)CCCC3)c1. The van der Waals surface area contributed by atoms with Crippen LogP contribution in [0.15, 0.2) is 109 Å². The Bertz CT molecular complexity index is 4090. The van der Waals surface area contributed by atoms with Crippen molar-refractivity contribution in [1.82, 2.24) is 0 Å². The second kappa shape index (κ2) is 21.4. The Kier molecular flexibility index (Phi) is 15.4. The Morgan fingerprint density at radius 2 is 0.675 bits per heavy atom. The van der Waals surface area contributed by atoms with Gasteiger partial charge in [-0.1, -0.05) is 120 Å². The summed E-state index contributed by atoms with van der Waals surface area (Å²) in [5, 5.41) is 3.97. The van der Waals surface area contributed by atoms with Gasteiger partial charge < -0.3 is 0 Å². The smallest absolute Gasteiger partial charge is 0.194 e. The first-order valence-electron chi connectivity index (χ1n) is 30.5. The topological polar surface area (TPSA) is 11.6 Å². The Hall–Kier alpha value is -6.66. The first kappa shape index (κ1) is 59.5. The van der Waals surface area contributed by atoms with Gasteiger partial charge in [-0.3, -0.25) is 0 Å². The number of alkyl halides is 3.